The molecule has 0 saturated heterocycles. The number of fused-ring (bicyclic) bond motifs is 1. The van der Waals surface area contributed by atoms with Crippen LogP contribution in [0.1, 0.15) is 22.3 Å². The normalized spacial score (nSPS) is 18.8. The fourth-order valence-corrected chi connectivity index (χ4v) is 3.05. The van der Waals surface area contributed by atoms with E-state index in [1.165, 1.54) is 24.3 Å². The smallest absolute Gasteiger partial charge is 0.280 e. The van der Waals surface area contributed by atoms with Crippen LogP contribution in [0.3, 0.4) is 0 Å². The van der Waals surface area contributed by atoms with Crippen molar-refractivity contribution in [1.29, 1.82) is 0 Å². The Kier molecular flexibility index (Phi) is 3.94. The number of benzene rings is 2. The predicted octanol–water partition coefficient (Wildman–Crippen LogP) is 2.77. The van der Waals surface area contributed by atoms with E-state index in [-0.39, 0.29) is 16.8 Å². The van der Waals surface area contributed by atoms with Gasteiger partial charge in [-0.1, -0.05) is 28.1 Å². The molecule has 0 aromatic heterocycles. The fourth-order valence-electron chi connectivity index (χ4n) is 2.69. The summed E-state index contributed by atoms with van der Waals surface area (Å²) in [6, 6.07) is 10.3. The van der Waals surface area contributed by atoms with Crippen molar-refractivity contribution in [2.45, 2.75) is 12.0 Å². The molecule has 0 saturated carbocycles. The maximum Gasteiger partial charge on any atom is 0.280 e. The van der Waals surface area contributed by atoms with Crippen molar-refractivity contribution in [2.75, 3.05) is 5.32 Å². The Morgan fingerprint density at radius 2 is 2.00 bits per heavy atom. The van der Waals surface area contributed by atoms with Crippen LogP contribution in [0.15, 0.2) is 46.9 Å². The van der Waals surface area contributed by atoms with Crippen LogP contribution in [0.25, 0.3) is 0 Å². The highest BCUT2D eigenvalue weighted by atomic mass is 79.9. The summed E-state index contributed by atoms with van der Waals surface area (Å²) in [4.78, 5) is 35.1. The van der Waals surface area contributed by atoms with Crippen LogP contribution < -0.4 is 5.32 Å². The molecule has 1 heterocycles. The highest BCUT2D eigenvalue weighted by Crippen LogP contribution is 2.40. The van der Waals surface area contributed by atoms with E-state index in [4.69, 9.17) is 0 Å². The minimum Gasteiger partial charge on any atom is -0.375 e. The van der Waals surface area contributed by atoms with Gasteiger partial charge in [-0.25, -0.2) is 0 Å². The van der Waals surface area contributed by atoms with Crippen molar-refractivity contribution < 1.29 is 19.6 Å². The quantitative estimate of drug-likeness (QED) is 0.473. The van der Waals surface area contributed by atoms with Gasteiger partial charge in [-0.3, -0.25) is 19.7 Å². The number of nitrogens with one attached hydrogen (secondary N) is 1. The van der Waals surface area contributed by atoms with Gasteiger partial charge < -0.3 is 10.4 Å². The molecule has 1 amide bonds. The minimum atomic E-state index is -2.07. The predicted molar refractivity (Wildman–Crippen MR) is 88.7 cm³/mol. The molecule has 1 unspecified atom stereocenters. The van der Waals surface area contributed by atoms with Crippen LogP contribution in [-0.2, 0) is 10.4 Å². The number of nitrogens with zero attached hydrogens (tertiary/aromatic N) is 1. The molecule has 0 radical (unpaired) electrons. The molecule has 1 aliphatic rings. The second-order valence-electron chi connectivity index (χ2n) is 5.38. The number of hydrogen-bond donors (Lipinski definition) is 2. The molecule has 1 aliphatic heterocycles. The van der Waals surface area contributed by atoms with E-state index >= 15 is 0 Å². The molecule has 2 N–H and O–H groups in total. The van der Waals surface area contributed by atoms with Crippen LogP contribution in [0.5, 0.6) is 0 Å². The summed E-state index contributed by atoms with van der Waals surface area (Å²) < 4.78 is 0.634. The molecule has 0 fully saturated rings. The van der Waals surface area contributed by atoms with Crippen LogP contribution in [-0.4, -0.2) is 21.7 Å². The molecule has 7 nitrogen and oxygen atoms in total. The summed E-state index contributed by atoms with van der Waals surface area (Å²) in [5.74, 6) is -1.42. The summed E-state index contributed by atoms with van der Waals surface area (Å²) >= 11 is 3.25. The lowest BCUT2D eigenvalue weighted by molar-refractivity contribution is -0.385. The summed E-state index contributed by atoms with van der Waals surface area (Å²) in [6.07, 6.45) is -0.590. The number of ketones is 1. The topological polar surface area (TPSA) is 110 Å². The Labute approximate surface area is 144 Å². The van der Waals surface area contributed by atoms with E-state index in [0.717, 1.165) is 0 Å². The monoisotopic (exact) mass is 390 g/mol. The Morgan fingerprint density at radius 3 is 2.71 bits per heavy atom. The molecular weight excluding hydrogens is 380 g/mol. The van der Waals surface area contributed by atoms with Crippen molar-refractivity contribution in [1.82, 2.24) is 0 Å². The third kappa shape index (κ3) is 2.59. The molecule has 2 aromatic rings. The number of carbonyl (C=O) groups is 2. The lowest BCUT2D eigenvalue weighted by Crippen LogP contribution is -2.36. The lowest BCUT2D eigenvalue weighted by atomic mass is 9.88. The number of halogens is 1. The maximum atomic E-state index is 12.5. The minimum absolute atomic E-state index is 0.146. The molecule has 122 valence electrons. The zero-order valence-electron chi connectivity index (χ0n) is 12.2. The van der Waals surface area contributed by atoms with Crippen LogP contribution in [0.4, 0.5) is 11.4 Å². The van der Waals surface area contributed by atoms with E-state index < -0.39 is 28.6 Å². The van der Waals surface area contributed by atoms with Crippen LogP contribution in [0, 0.1) is 10.1 Å². The molecule has 0 bridgehead atoms. The standard InChI is InChI=1S/C16H11BrN2O5/c17-9-5-6-12-11(7-9)16(22,15(21)18-12)8-14(20)10-3-1-2-4-13(10)19(23)24/h1-7,22H,8H2,(H,18,21). The first-order valence-electron chi connectivity index (χ1n) is 6.93. The summed E-state index contributed by atoms with van der Waals surface area (Å²) in [7, 11) is 0. The second kappa shape index (κ2) is 5.81. The average molecular weight is 391 g/mol. The summed E-state index contributed by atoms with van der Waals surface area (Å²) in [5.41, 5.74) is -1.92. The molecule has 24 heavy (non-hydrogen) atoms. The number of nitro groups is 1. The van der Waals surface area contributed by atoms with E-state index in [1.54, 1.807) is 18.2 Å². The Hall–Kier alpha value is -2.58. The second-order valence-corrected chi connectivity index (χ2v) is 6.29. The van der Waals surface area contributed by atoms with Gasteiger partial charge in [0.05, 0.1) is 16.9 Å². The SMILES string of the molecule is O=C(CC1(O)C(=O)Nc2ccc(Br)cc21)c1ccccc1[N+](=O)[O-]. The molecule has 8 heteroatoms. The Morgan fingerprint density at radius 1 is 1.29 bits per heavy atom. The molecule has 3 rings (SSSR count). The van der Waals surface area contributed by atoms with Crippen LogP contribution >= 0.6 is 15.9 Å². The number of anilines is 1. The average Bonchev–Trinajstić information content (AvgIpc) is 2.78. The summed E-state index contributed by atoms with van der Waals surface area (Å²) in [6.45, 7) is 0. The number of rotatable bonds is 4. The zero-order chi connectivity index (χ0) is 17.5. The van der Waals surface area contributed by atoms with Gasteiger partial charge in [0.2, 0.25) is 0 Å². The van der Waals surface area contributed by atoms with E-state index in [0.29, 0.717) is 10.2 Å². The largest absolute Gasteiger partial charge is 0.375 e. The number of aliphatic hydroxyl groups is 1. The number of nitro benzene ring substituents is 1. The van der Waals surface area contributed by atoms with Crippen molar-refractivity contribution in [3.8, 4) is 0 Å². The number of para-hydroxylation sites is 1. The van der Waals surface area contributed by atoms with Crippen molar-refractivity contribution in [3.05, 3.63) is 68.2 Å². The van der Waals surface area contributed by atoms with Gasteiger partial charge in [-0.05, 0) is 24.3 Å². The molecule has 0 aliphatic carbocycles. The van der Waals surface area contributed by atoms with Gasteiger partial charge in [0, 0.05) is 21.8 Å². The van der Waals surface area contributed by atoms with Gasteiger partial charge in [-0.2, -0.15) is 0 Å². The van der Waals surface area contributed by atoms with Crippen molar-refractivity contribution >= 4 is 39.0 Å². The van der Waals surface area contributed by atoms with Gasteiger partial charge >= 0.3 is 0 Å². The third-order valence-corrected chi connectivity index (χ3v) is 4.36. The van der Waals surface area contributed by atoms with Crippen molar-refractivity contribution in [3.63, 3.8) is 0 Å². The fraction of sp³-hybridized carbons (Fsp3) is 0.125. The van der Waals surface area contributed by atoms with Gasteiger partial charge in [0.15, 0.2) is 11.4 Å². The first-order chi connectivity index (χ1) is 11.3. The van der Waals surface area contributed by atoms with E-state index in [1.807, 2.05) is 0 Å². The number of amides is 1. The van der Waals surface area contributed by atoms with Gasteiger partial charge in [0.25, 0.3) is 11.6 Å². The first-order valence-corrected chi connectivity index (χ1v) is 7.73. The Balaban J connectivity index is 2.00. The molecule has 1 atom stereocenters. The highest BCUT2D eigenvalue weighted by molar-refractivity contribution is 9.10. The number of hydrogen-bond acceptors (Lipinski definition) is 5. The number of carbonyl (C=O) groups excluding carboxylic acids is 2. The summed E-state index contributed by atoms with van der Waals surface area (Å²) in [5, 5.41) is 24.3. The zero-order valence-corrected chi connectivity index (χ0v) is 13.7. The van der Waals surface area contributed by atoms with E-state index in [2.05, 4.69) is 21.2 Å². The van der Waals surface area contributed by atoms with Crippen LogP contribution in [0.2, 0.25) is 0 Å². The van der Waals surface area contributed by atoms with Crippen molar-refractivity contribution in [2.24, 2.45) is 0 Å². The van der Waals surface area contributed by atoms with E-state index in [9.17, 15) is 24.8 Å². The molecular formula is C16H11BrN2O5. The lowest BCUT2D eigenvalue weighted by Gasteiger charge is -2.20. The first kappa shape index (κ1) is 16.3. The third-order valence-electron chi connectivity index (χ3n) is 3.87. The molecule has 2 aromatic carbocycles. The highest BCUT2D eigenvalue weighted by Gasteiger charge is 2.47. The Bertz CT molecular complexity index is 883. The maximum absolute atomic E-state index is 12.5. The van der Waals surface area contributed by atoms with Gasteiger partial charge in [-0.15, -0.1) is 0 Å². The molecule has 0 spiro atoms. The van der Waals surface area contributed by atoms with Gasteiger partial charge in [0.1, 0.15) is 0 Å². The number of Topliss-reactive ketones (excluding diaryl/α,β-unsaturated/α-hetero) is 1.